The molecule has 4 heteroatoms. The van der Waals surface area contributed by atoms with Gasteiger partial charge in [0.15, 0.2) is 0 Å². The first-order valence-corrected chi connectivity index (χ1v) is 6.84. The van der Waals surface area contributed by atoms with Crippen molar-refractivity contribution in [2.45, 2.75) is 19.4 Å². The normalized spacial score (nSPS) is 21.7. The minimum Gasteiger partial charge on any atom is -0.389 e. The zero-order valence-corrected chi connectivity index (χ0v) is 11.9. The Morgan fingerprint density at radius 1 is 1.28 bits per heavy atom. The Hall–Kier alpha value is -1.13. The van der Waals surface area contributed by atoms with Crippen LogP contribution in [-0.2, 0) is 0 Å². The maximum atomic E-state index is 5.62. The summed E-state index contributed by atoms with van der Waals surface area (Å²) in [5, 5.41) is 0. The minimum absolute atomic E-state index is 0.463. The fourth-order valence-corrected chi connectivity index (χ4v) is 2.71. The zero-order chi connectivity index (χ0) is 13.1. The van der Waals surface area contributed by atoms with Crippen LogP contribution in [0.5, 0.6) is 0 Å². The number of nitrogens with zero attached hydrogens (tertiary/aromatic N) is 2. The van der Waals surface area contributed by atoms with Crippen LogP contribution in [0.15, 0.2) is 24.3 Å². The fourth-order valence-electron chi connectivity index (χ4n) is 2.57. The van der Waals surface area contributed by atoms with E-state index in [4.69, 9.17) is 18.0 Å². The summed E-state index contributed by atoms with van der Waals surface area (Å²) >= 11 is 4.98. The second-order valence-corrected chi connectivity index (χ2v) is 5.51. The number of benzene rings is 1. The Morgan fingerprint density at radius 2 is 1.94 bits per heavy atom. The summed E-state index contributed by atoms with van der Waals surface area (Å²) in [5.74, 6) is 0. The zero-order valence-electron chi connectivity index (χ0n) is 11.1. The quantitative estimate of drug-likeness (QED) is 0.826. The van der Waals surface area contributed by atoms with Gasteiger partial charge in [-0.05, 0) is 51.2 Å². The van der Waals surface area contributed by atoms with Crippen molar-refractivity contribution in [3.05, 3.63) is 29.8 Å². The Morgan fingerprint density at radius 3 is 2.56 bits per heavy atom. The molecule has 1 aromatic carbocycles. The maximum absolute atomic E-state index is 5.62. The Labute approximate surface area is 115 Å². The van der Waals surface area contributed by atoms with Crippen LogP contribution in [0.4, 0.5) is 5.69 Å². The molecule has 0 bridgehead atoms. The van der Waals surface area contributed by atoms with Crippen LogP contribution in [0.2, 0.25) is 0 Å². The summed E-state index contributed by atoms with van der Waals surface area (Å²) in [4.78, 5) is 5.33. The van der Waals surface area contributed by atoms with Crippen molar-refractivity contribution in [3.63, 3.8) is 0 Å². The van der Waals surface area contributed by atoms with Gasteiger partial charge in [0, 0.05) is 30.4 Å². The van der Waals surface area contributed by atoms with Gasteiger partial charge in [0.1, 0.15) is 4.99 Å². The minimum atomic E-state index is 0.463. The first-order chi connectivity index (χ1) is 8.58. The second kappa shape index (κ2) is 5.67. The first kappa shape index (κ1) is 13.3. The number of anilines is 1. The molecule has 2 N–H and O–H groups in total. The molecule has 3 nitrogen and oxygen atoms in total. The molecule has 0 aromatic heterocycles. The van der Waals surface area contributed by atoms with E-state index in [0.717, 1.165) is 18.7 Å². The van der Waals surface area contributed by atoms with Crippen molar-refractivity contribution in [1.82, 2.24) is 4.90 Å². The van der Waals surface area contributed by atoms with Crippen LogP contribution < -0.4 is 10.6 Å². The molecule has 0 aliphatic carbocycles. The van der Waals surface area contributed by atoms with E-state index in [1.807, 2.05) is 12.1 Å². The topological polar surface area (TPSA) is 32.5 Å². The van der Waals surface area contributed by atoms with Crippen molar-refractivity contribution in [2.24, 2.45) is 5.73 Å². The second-order valence-electron chi connectivity index (χ2n) is 5.07. The van der Waals surface area contributed by atoms with Gasteiger partial charge in [-0.3, -0.25) is 0 Å². The smallest absolute Gasteiger partial charge is 0.103 e. The number of nitrogens with two attached hydrogens (primary N) is 1. The van der Waals surface area contributed by atoms with Crippen molar-refractivity contribution in [2.75, 3.05) is 31.6 Å². The third-order valence-corrected chi connectivity index (χ3v) is 3.77. The van der Waals surface area contributed by atoms with Crippen LogP contribution in [-0.4, -0.2) is 42.6 Å². The van der Waals surface area contributed by atoms with Crippen LogP contribution in [0.3, 0.4) is 0 Å². The Kier molecular flexibility index (Phi) is 4.19. The lowest BCUT2D eigenvalue weighted by Crippen LogP contribution is -2.37. The highest BCUT2D eigenvalue weighted by atomic mass is 32.1. The van der Waals surface area contributed by atoms with E-state index in [2.05, 4.69) is 35.9 Å². The number of hydrogen-bond donors (Lipinski definition) is 1. The summed E-state index contributed by atoms with van der Waals surface area (Å²) in [6.07, 6.45) is 1.21. The monoisotopic (exact) mass is 263 g/mol. The van der Waals surface area contributed by atoms with Crippen LogP contribution >= 0.6 is 12.2 Å². The summed E-state index contributed by atoms with van der Waals surface area (Å²) in [6.45, 7) is 5.67. The highest BCUT2D eigenvalue weighted by molar-refractivity contribution is 7.80. The van der Waals surface area contributed by atoms with Gasteiger partial charge >= 0.3 is 0 Å². The lowest BCUT2D eigenvalue weighted by atomic mass is 10.1. The molecule has 1 heterocycles. The fraction of sp³-hybridized carbons (Fsp3) is 0.500. The van der Waals surface area contributed by atoms with Crippen LogP contribution in [0.1, 0.15) is 18.9 Å². The van der Waals surface area contributed by atoms with E-state index in [0.29, 0.717) is 11.0 Å². The molecule has 0 radical (unpaired) electrons. The van der Waals surface area contributed by atoms with Gasteiger partial charge in [-0.1, -0.05) is 12.2 Å². The van der Waals surface area contributed by atoms with Gasteiger partial charge < -0.3 is 15.5 Å². The van der Waals surface area contributed by atoms with Gasteiger partial charge in [0.05, 0.1) is 0 Å². The molecule has 1 unspecified atom stereocenters. The van der Waals surface area contributed by atoms with Crippen LogP contribution in [0, 0.1) is 0 Å². The van der Waals surface area contributed by atoms with Crippen molar-refractivity contribution >= 4 is 22.9 Å². The standard InChI is InChI=1S/C14H21N3S/c1-11-10-16(2)8-3-9-17(11)13-6-4-12(5-7-13)14(15)18/h4-7,11H,3,8-10H2,1-2H3,(H2,15,18). The third kappa shape index (κ3) is 3.00. The SMILES string of the molecule is CC1CN(C)CCCN1c1ccc(C(N)=S)cc1. The predicted octanol–water partition coefficient (Wildman–Crippen LogP) is 1.85. The molecular weight excluding hydrogens is 242 g/mol. The highest BCUT2D eigenvalue weighted by Gasteiger charge is 2.19. The summed E-state index contributed by atoms with van der Waals surface area (Å²) < 4.78 is 0. The molecule has 98 valence electrons. The van der Waals surface area contributed by atoms with Crippen molar-refractivity contribution in [3.8, 4) is 0 Å². The third-order valence-electron chi connectivity index (χ3n) is 3.53. The number of rotatable bonds is 2. The molecule has 0 saturated carbocycles. The molecule has 18 heavy (non-hydrogen) atoms. The van der Waals surface area contributed by atoms with E-state index in [-0.39, 0.29) is 0 Å². The molecule has 0 amide bonds. The maximum Gasteiger partial charge on any atom is 0.103 e. The van der Waals surface area contributed by atoms with Crippen LogP contribution in [0.25, 0.3) is 0 Å². The summed E-state index contributed by atoms with van der Waals surface area (Å²) in [6, 6.07) is 8.80. The van der Waals surface area contributed by atoms with Gasteiger partial charge in [0.2, 0.25) is 0 Å². The Bertz CT molecular complexity index is 416. The van der Waals surface area contributed by atoms with Gasteiger partial charge in [-0.15, -0.1) is 0 Å². The highest BCUT2D eigenvalue weighted by Crippen LogP contribution is 2.20. The van der Waals surface area contributed by atoms with E-state index in [1.165, 1.54) is 18.7 Å². The number of hydrogen-bond acceptors (Lipinski definition) is 3. The van der Waals surface area contributed by atoms with Gasteiger partial charge in [0.25, 0.3) is 0 Å². The van der Waals surface area contributed by atoms with Crippen molar-refractivity contribution in [1.29, 1.82) is 0 Å². The number of thiocarbonyl (C=S) groups is 1. The van der Waals surface area contributed by atoms with Gasteiger partial charge in [-0.2, -0.15) is 0 Å². The largest absolute Gasteiger partial charge is 0.389 e. The predicted molar refractivity (Wildman–Crippen MR) is 81.3 cm³/mol. The Balaban J connectivity index is 2.16. The molecular formula is C14H21N3S. The van der Waals surface area contributed by atoms with Crippen molar-refractivity contribution < 1.29 is 0 Å². The molecule has 1 aliphatic rings. The molecule has 2 rings (SSSR count). The van der Waals surface area contributed by atoms with E-state index >= 15 is 0 Å². The summed E-state index contributed by atoms with van der Waals surface area (Å²) in [7, 11) is 2.19. The summed E-state index contributed by atoms with van der Waals surface area (Å²) in [5.41, 5.74) is 7.82. The lowest BCUT2D eigenvalue weighted by molar-refractivity contribution is 0.337. The molecule has 1 aliphatic heterocycles. The van der Waals surface area contributed by atoms with E-state index in [1.54, 1.807) is 0 Å². The average Bonchev–Trinajstić information content (AvgIpc) is 2.50. The lowest BCUT2D eigenvalue weighted by Gasteiger charge is -2.30. The average molecular weight is 263 g/mol. The molecule has 1 aromatic rings. The van der Waals surface area contributed by atoms with E-state index < -0.39 is 0 Å². The number of likely N-dealkylation sites (N-methyl/N-ethyl adjacent to an activating group) is 1. The molecule has 1 atom stereocenters. The van der Waals surface area contributed by atoms with E-state index in [9.17, 15) is 0 Å². The molecule has 1 saturated heterocycles. The molecule has 0 spiro atoms. The first-order valence-electron chi connectivity index (χ1n) is 6.43. The van der Waals surface area contributed by atoms with Gasteiger partial charge in [-0.25, -0.2) is 0 Å². The molecule has 1 fully saturated rings.